The smallest absolute Gasteiger partial charge is 0.227 e. The van der Waals surface area contributed by atoms with Crippen molar-refractivity contribution in [1.29, 1.82) is 0 Å². The fourth-order valence-electron chi connectivity index (χ4n) is 4.38. The Labute approximate surface area is 167 Å². The second-order valence-corrected chi connectivity index (χ2v) is 8.01. The second kappa shape index (κ2) is 7.78. The highest BCUT2D eigenvalue weighted by atomic mass is 16.2. The zero-order valence-corrected chi connectivity index (χ0v) is 17.1. The van der Waals surface area contributed by atoms with Crippen LogP contribution in [0.5, 0.6) is 0 Å². The van der Waals surface area contributed by atoms with Crippen LogP contribution in [0.2, 0.25) is 0 Å². The van der Waals surface area contributed by atoms with Gasteiger partial charge >= 0.3 is 0 Å². The van der Waals surface area contributed by atoms with Crippen LogP contribution < -0.4 is 4.90 Å². The third kappa shape index (κ3) is 3.44. The summed E-state index contributed by atoms with van der Waals surface area (Å²) in [6.07, 6.45) is 4.09. The van der Waals surface area contributed by atoms with Crippen molar-refractivity contribution in [3.63, 3.8) is 0 Å². The Morgan fingerprint density at radius 3 is 2.71 bits per heavy atom. The monoisotopic (exact) mass is 375 g/mol. The van der Waals surface area contributed by atoms with Crippen LogP contribution in [0.1, 0.15) is 55.5 Å². The molecule has 0 aliphatic carbocycles. The number of unbranched alkanes of at least 4 members (excludes halogenated alkanes) is 2. The van der Waals surface area contributed by atoms with Crippen LogP contribution in [0.4, 0.5) is 5.69 Å². The Kier molecular flexibility index (Phi) is 5.21. The Balaban J connectivity index is 1.66. The van der Waals surface area contributed by atoms with Crippen LogP contribution in [-0.2, 0) is 11.3 Å². The molecule has 4 rings (SSSR count). The standard InChI is InChI=1S/C24H29N3O/c1-4-5-8-13-26-22-10-7-6-9-20(22)25-24(26)19-15-23(28)27(16-19)21-12-11-17(2)14-18(21)3/h6-7,9-12,14,19H,4-5,8,13,15-16H2,1-3H3/t19-/m1/s1. The van der Waals surface area contributed by atoms with Gasteiger partial charge in [0, 0.05) is 31.1 Å². The topological polar surface area (TPSA) is 38.1 Å². The van der Waals surface area contributed by atoms with E-state index < -0.39 is 0 Å². The quantitative estimate of drug-likeness (QED) is 0.544. The molecule has 1 fully saturated rings. The summed E-state index contributed by atoms with van der Waals surface area (Å²) in [5, 5.41) is 0. The van der Waals surface area contributed by atoms with E-state index in [9.17, 15) is 4.79 Å². The first kappa shape index (κ1) is 18.7. The van der Waals surface area contributed by atoms with Crippen LogP contribution in [0, 0.1) is 13.8 Å². The molecule has 3 aromatic rings. The third-order valence-corrected chi connectivity index (χ3v) is 5.80. The number of para-hydroxylation sites is 2. The maximum Gasteiger partial charge on any atom is 0.227 e. The van der Waals surface area contributed by atoms with Crippen LogP contribution in [-0.4, -0.2) is 22.0 Å². The number of nitrogens with zero attached hydrogens (tertiary/aromatic N) is 3. The second-order valence-electron chi connectivity index (χ2n) is 8.01. The maximum absolute atomic E-state index is 12.9. The molecule has 1 saturated heterocycles. The van der Waals surface area contributed by atoms with E-state index in [1.165, 1.54) is 23.9 Å². The summed E-state index contributed by atoms with van der Waals surface area (Å²) in [5.41, 5.74) is 5.64. The van der Waals surface area contributed by atoms with Crippen molar-refractivity contribution in [2.24, 2.45) is 0 Å². The summed E-state index contributed by atoms with van der Waals surface area (Å²) in [4.78, 5) is 19.8. The number of aryl methyl sites for hydroxylation is 3. The third-order valence-electron chi connectivity index (χ3n) is 5.80. The van der Waals surface area contributed by atoms with Gasteiger partial charge in [0.15, 0.2) is 0 Å². The fourth-order valence-corrected chi connectivity index (χ4v) is 4.38. The summed E-state index contributed by atoms with van der Waals surface area (Å²) in [6.45, 7) is 8.08. The van der Waals surface area contributed by atoms with E-state index in [-0.39, 0.29) is 11.8 Å². The van der Waals surface area contributed by atoms with E-state index in [2.05, 4.69) is 61.7 Å². The minimum Gasteiger partial charge on any atom is -0.328 e. The summed E-state index contributed by atoms with van der Waals surface area (Å²) in [5.74, 6) is 1.41. The Bertz CT molecular complexity index is 1000. The lowest BCUT2D eigenvalue weighted by atomic mass is 10.1. The van der Waals surface area contributed by atoms with E-state index in [0.29, 0.717) is 13.0 Å². The normalized spacial score (nSPS) is 17.0. The molecule has 28 heavy (non-hydrogen) atoms. The number of hydrogen-bond donors (Lipinski definition) is 0. The van der Waals surface area contributed by atoms with E-state index in [1.54, 1.807) is 0 Å². The average molecular weight is 376 g/mol. The molecule has 1 amide bonds. The molecule has 0 unspecified atom stereocenters. The van der Waals surface area contributed by atoms with Crippen molar-refractivity contribution in [2.45, 2.75) is 58.9 Å². The molecule has 1 aliphatic heterocycles. The number of carbonyl (C=O) groups excluding carboxylic acids is 1. The molecule has 0 N–H and O–H groups in total. The van der Waals surface area contributed by atoms with Gasteiger partial charge in [0.1, 0.15) is 5.82 Å². The number of rotatable bonds is 6. The van der Waals surface area contributed by atoms with Gasteiger partial charge in [0.05, 0.1) is 11.0 Å². The largest absolute Gasteiger partial charge is 0.328 e. The highest BCUT2D eigenvalue weighted by Crippen LogP contribution is 2.34. The molecule has 2 aromatic carbocycles. The number of fused-ring (bicyclic) bond motifs is 1. The van der Waals surface area contributed by atoms with Crippen molar-refractivity contribution in [1.82, 2.24) is 9.55 Å². The van der Waals surface area contributed by atoms with Crippen LogP contribution in [0.3, 0.4) is 0 Å². The highest BCUT2D eigenvalue weighted by molar-refractivity contribution is 5.97. The van der Waals surface area contributed by atoms with Crippen molar-refractivity contribution in [2.75, 3.05) is 11.4 Å². The number of imidazole rings is 1. The van der Waals surface area contributed by atoms with Gasteiger partial charge in [-0.25, -0.2) is 4.98 Å². The summed E-state index contributed by atoms with van der Waals surface area (Å²) < 4.78 is 2.36. The van der Waals surface area contributed by atoms with E-state index in [0.717, 1.165) is 35.6 Å². The van der Waals surface area contributed by atoms with Gasteiger partial charge in [0.2, 0.25) is 5.91 Å². The predicted octanol–water partition coefficient (Wildman–Crippen LogP) is 5.36. The van der Waals surface area contributed by atoms with Gasteiger partial charge in [-0.2, -0.15) is 0 Å². The van der Waals surface area contributed by atoms with Gasteiger partial charge in [-0.15, -0.1) is 0 Å². The SMILES string of the molecule is CCCCCn1c([C@@H]2CC(=O)N(c3ccc(C)cc3C)C2)nc2ccccc21. The predicted molar refractivity (Wildman–Crippen MR) is 115 cm³/mol. The van der Waals surface area contributed by atoms with E-state index >= 15 is 0 Å². The maximum atomic E-state index is 12.9. The van der Waals surface area contributed by atoms with E-state index in [4.69, 9.17) is 4.98 Å². The number of amides is 1. The molecule has 0 radical (unpaired) electrons. The Hall–Kier alpha value is -2.62. The van der Waals surface area contributed by atoms with Gasteiger partial charge in [-0.3, -0.25) is 4.79 Å². The first-order valence-electron chi connectivity index (χ1n) is 10.4. The molecule has 4 heteroatoms. The number of benzene rings is 2. The molecule has 0 bridgehead atoms. The molecule has 1 aliphatic rings. The highest BCUT2D eigenvalue weighted by Gasteiger charge is 2.35. The average Bonchev–Trinajstić information content (AvgIpc) is 3.23. The first-order valence-corrected chi connectivity index (χ1v) is 10.4. The van der Waals surface area contributed by atoms with Crippen LogP contribution in [0.15, 0.2) is 42.5 Å². The molecule has 2 heterocycles. The van der Waals surface area contributed by atoms with Crippen LogP contribution >= 0.6 is 0 Å². The fraction of sp³-hybridized carbons (Fsp3) is 0.417. The van der Waals surface area contributed by atoms with Crippen molar-refractivity contribution in [3.05, 3.63) is 59.4 Å². The van der Waals surface area contributed by atoms with Crippen molar-refractivity contribution in [3.8, 4) is 0 Å². The lowest BCUT2D eigenvalue weighted by molar-refractivity contribution is -0.117. The van der Waals surface area contributed by atoms with Gasteiger partial charge in [0.25, 0.3) is 0 Å². The van der Waals surface area contributed by atoms with Crippen molar-refractivity contribution < 1.29 is 4.79 Å². The molecular formula is C24H29N3O. The Morgan fingerprint density at radius 2 is 1.93 bits per heavy atom. The van der Waals surface area contributed by atoms with E-state index in [1.807, 2.05) is 11.0 Å². The first-order chi connectivity index (χ1) is 13.6. The number of hydrogen-bond acceptors (Lipinski definition) is 2. The zero-order chi connectivity index (χ0) is 19.7. The van der Waals surface area contributed by atoms with Crippen molar-refractivity contribution >= 4 is 22.6 Å². The van der Waals surface area contributed by atoms with Gasteiger partial charge in [-0.05, 0) is 44.0 Å². The summed E-state index contributed by atoms with van der Waals surface area (Å²) in [7, 11) is 0. The number of carbonyl (C=O) groups is 1. The zero-order valence-electron chi connectivity index (χ0n) is 17.1. The number of aromatic nitrogens is 2. The molecule has 146 valence electrons. The van der Waals surface area contributed by atoms with Crippen LogP contribution in [0.25, 0.3) is 11.0 Å². The minimum absolute atomic E-state index is 0.141. The molecular weight excluding hydrogens is 346 g/mol. The Morgan fingerprint density at radius 1 is 1.11 bits per heavy atom. The molecule has 4 nitrogen and oxygen atoms in total. The molecule has 0 spiro atoms. The minimum atomic E-state index is 0.141. The molecule has 0 saturated carbocycles. The van der Waals surface area contributed by atoms with Gasteiger partial charge in [-0.1, -0.05) is 49.6 Å². The number of anilines is 1. The van der Waals surface area contributed by atoms with Gasteiger partial charge < -0.3 is 9.47 Å². The molecule has 1 atom stereocenters. The summed E-state index contributed by atoms with van der Waals surface area (Å²) in [6, 6.07) is 14.7. The summed E-state index contributed by atoms with van der Waals surface area (Å²) >= 11 is 0. The molecule has 1 aromatic heterocycles. The lowest BCUT2D eigenvalue weighted by Crippen LogP contribution is -2.25. The lowest BCUT2D eigenvalue weighted by Gasteiger charge is -2.20.